The molecule has 29 heavy (non-hydrogen) atoms. The largest absolute Gasteiger partial charge is 0.474 e. The molecule has 10 heteroatoms. The molecule has 4 rings (SSSR count). The van der Waals surface area contributed by atoms with Crippen molar-refractivity contribution in [3.05, 3.63) is 53.3 Å². The maximum absolute atomic E-state index is 12.5. The number of fused-ring (bicyclic) bond motifs is 1. The molecule has 0 saturated heterocycles. The first-order valence-electron chi connectivity index (χ1n) is 8.82. The summed E-state index contributed by atoms with van der Waals surface area (Å²) in [5, 5.41) is 6.98. The summed E-state index contributed by atoms with van der Waals surface area (Å²) in [6.45, 7) is 0. The number of hydrogen-bond donors (Lipinski definition) is 3. The molecule has 0 radical (unpaired) electrons. The Morgan fingerprint density at radius 3 is 2.72 bits per heavy atom. The van der Waals surface area contributed by atoms with Crippen molar-refractivity contribution in [3.8, 4) is 5.88 Å². The van der Waals surface area contributed by atoms with Crippen LogP contribution in [-0.2, 0) is 6.18 Å². The van der Waals surface area contributed by atoms with Crippen LogP contribution in [-0.4, -0.2) is 28.1 Å². The molecule has 0 unspecified atom stereocenters. The van der Waals surface area contributed by atoms with Gasteiger partial charge in [0.2, 0.25) is 5.88 Å². The number of urea groups is 1. The predicted octanol–water partition coefficient (Wildman–Crippen LogP) is 4.97. The minimum atomic E-state index is -4.43. The normalized spacial score (nSPS) is 18.9. The van der Waals surface area contributed by atoms with Crippen molar-refractivity contribution < 1.29 is 22.7 Å². The Morgan fingerprint density at radius 2 is 2.03 bits per heavy atom. The van der Waals surface area contributed by atoms with E-state index in [-0.39, 0.29) is 24.1 Å². The number of anilines is 1. The van der Waals surface area contributed by atoms with E-state index in [9.17, 15) is 18.0 Å². The van der Waals surface area contributed by atoms with E-state index in [1.54, 1.807) is 18.3 Å². The Labute approximate surface area is 168 Å². The van der Waals surface area contributed by atoms with E-state index in [0.717, 1.165) is 23.2 Å². The third-order valence-corrected chi connectivity index (χ3v) is 4.91. The molecule has 3 N–H and O–H groups in total. The lowest BCUT2D eigenvalue weighted by molar-refractivity contribution is -0.137. The number of pyridine rings is 1. The van der Waals surface area contributed by atoms with Gasteiger partial charge in [-0.15, -0.1) is 0 Å². The van der Waals surface area contributed by atoms with E-state index in [0.29, 0.717) is 23.6 Å². The number of amides is 2. The molecule has 1 aliphatic rings. The van der Waals surface area contributed by atoms with Crippen LogP contribution in [0.5, 0.6) is 5.88 Å². The Hall–Kier alpha value is -2.94. The molecule has 1 saturated carbocycles. The van der Waals surface area contributed by atoms with Crippen LogP contribution in [0.1, 0.15) is 18.4 Å². The number of benzene rings is 1. The van der Waals surface area contributed by atoms with Gasteiger partial charge < -0.3 is 20.4 Å². The highest BCUT2D eigenvalue weighted by Gasteiger charge is 2.33. The SMILES string of the molecule is O=C(Nc1c[nH]c2ccc(Cl)cc12)N[C@H]1C[C@@H](Oc2ccc(C(F)(F)F)cn2)C1. The highest BCUT2D eigenvalue weighted by atomic mass is 35.5. The zero-order valence-corrected chi connectivity index (χ0v) is 15.6. The average Bonchev–Trinajstić information content (AvgIpc) is 3.01. The third kappa shape index (κ3) is 4.40. The summed E-state index contributed by atoms with van der Waals surface area (Å²) in [6, 6.07) is 7.00. The molecule has 0 spiro atoms. The molecule has 6 nitrogen and oxygen atoms in total. The maximum atomic E-state index is 12.5. The maximum Gasteiger partial charge on any atom is 0.417 e. The molecule has 1 fully saturated rings. The van der Waals surface area contributed by atoms with E-state index < -0.39 is 11.7 Å². The van der Waals surface area contributed by atoms with E-state index in [2.05, 4.69) is 20.6 Å². The molecule has 0 atom stereocenters. The Bertz CT molecular complexity index is 1030. The molecule has 2 aromatic heterocycles. The van der Waals surface area contributed by atoms with Crippen LogP contribution in [0.15, 0.2) is 42.7 Å². The second kappa shape index (κ2) is 7.47. The predicted molar refractivity (Wildman–Crippen MR) is 102 cm³/mol. The van der Waals surface area contributed by atoms with Crippen LogP contribution in [0.25, 0.3) is 10.9 Å². The quantitative estimate of drug-likeness (QED) is 0.553. The number of H-pyrrole nitrogens is 1. The number of carbonyl (C=O) groups excluding carboxylic acids is 1. The van der Waals surface area contributed by atoms with Crippen molar-refractivity contribution in [3.63, 3.8) is 0 Å². The minimum absolute atomic E-state index is 0.0942. The van der Waals surface area contributed by atoms with Crippen LogP contribution in [0, 0.1) is 0 Å². The lowest BCUT2D eigenvalue weighted by Gasteiger charge is -2.35. The minimum Gasteiger partial charge on any atom is -0.474 e. The zero-order chi connectivity index (χ0) is 20.6. The zero-order valence-electron chi connectivity index (χ0n) is 14.9. The van der Waals surface area contributed by atoms with E-state index in [1.807, 2.05) is 6.07 Å². The van der Waals surface area contributed by atoms with Crippen molar-refractivity contribution in [1.29, 1.82) is 0 Å². The van der Waals surface area contributed by atoms with Gasteiger partial charge in [0, 0.05) is 53.3 Å². The summed E-state index contributed by atoms with van der Waals surface area (Å²) in [5.74, 6) is 0.126. The van der Waals surface area contributed by atoms with Gasteiger partial charge in [-0.3, -0.25) is 0 Å². The Balaban J connectivity index is 1.26. The van der Waals surface area contributed by atoms with Gasteiger partial charge in [0.25, 0.3) is 0 Å². The van der Waals surface area contributed by atoms with E-state index >= 15 is 0 Å². The lowest BCUT2D eigenvalue weighted by Crippen LogP contribution is -2.50. The molecule has 2 heterocycles. The summed E-state index contributed by atoms with van der Waals surface area (Å²) in [5.41, 5.74) is 0.639. The number of nitrogens with zero attached hydrogens (tertiary/aromatic N) is 1. The fourth-order valence-electron chi connectivity index (χ4n) is 3.11. The molecule has 3 aromatic rings. The Kier molecular flexibility index (Phi) is 4.99. The highest BCUT2D eigenvalue weighted by Crippen LogP contribution is 2.31. The molecule has 2 amide bonds. The van der Waals surface area contributed by atoms with Gasteiger partial charge in [-0.25, -0.2) is 9.78 Å². The van der Waals surface area contributed by atoms with Crippen LogP contribution in [0.3, 0.4) is 0 Å². The topological polar surface area (TPSA) is 79.0 Å². The van der Waals surface area contributed by atoms with E-state index in [1.165, 1.54) is 6.07 Å². The summed E-state index contributed by atoms with van der Waals surface area (Å²) in [7, 11) is 0. The first kappa shape index (κ1) is 19.4. The van der Waals surface area contributed by atoms with Gasteiger partial charge in [0.1, 0.15) is 6.10 Å². The smallest absolute Gasteiger partial charge is 0.417 e. The van der Waals surface area contributed by atoms with Gasteiger partial charge in [0.05, 0.1) is 11.3 Å². The van der Waals surface area contributed by atoms with Crippen LogP contribution in [0.2, 0.25) is 5.02 Å². The Morgan fingerprint density at radius 1 is 1.24 bits per heavy atom. The van der Waals surface area contributed by atoms with Gasteiger partial charge in [0.15, 0.2) is 0 Å². The third-order valence-electron chi connectivity index (χ3n) is 4.67. The second-order valence-corrected chi connectivity index (χ2v) is 7.22. The number of nitrogens with one attached hydrogen (secondary N) is 3. The van der Waals surface area contributed by atoms with Crippen molar-refractivity contribution in [1.82, 2.24) is 15.3 Å². The average molecular weight is 425 g/mol. The number of aromatic amines is 1. The number of alkyl halides is 3. The molecular formula is C19H16ClF3N4O2. The number of halogens is 4. The lowest BCUT2D eigenvalue weighted by atomic mass is 9.89. The number of rotatable bonds is 4. The number of aromatic nitrogens is 2. The molecule has 152 valence electrons. The van der Waals surface area contributed by atoms with Gasteiger partial charge >= 0.3 is 12.2 Å². The van der Waals surface area contributed by atoms with Crippen molar-refractivity contribution in [2.45, 2.75) is 31.2 Å². The fourth-order valence-corrected chi connectivity index (χ4v) is 3.28. The summed E-state index contributed by atoms with van der Waals surface area (Å²) in [6.07, 6.45) is -1.14. The first-order valence-corrected chi connectivity index (χ1v) is 9.20. The molecule has 1 aromatic carbocycles. The standard InChI is InChI=1S/C19H16ClF3N4O2/c20-11-2-3-15-14(5-11)16(9-24-15)27-18(28)26-12-6-13(7-12)29-17-4-1-10(8-25-17)19(21,22)23/h1-5,8-9,12-13,24H,6-7H2,(H2,26,27,28)/t12-,13+. The monoisotopic (exact) mass is 424 g/mol. The number of ether oxygens (including phenoxy) is 1. The molecule has 1 aliphatic carbocycles. The van der Waals surface area contributed by atoms with Crippen molar-refractivity contribution in [2.75, 3.05) is 5.32 Å². The number of hydrogen-bond acceptors (Lipinski definition) is 3. The molecular weight excluding hydrogens is 409 g/mol. The van der Waals surface area contributed by atoms with Gasteiger partial charge in [-0.2, -0.15) is 13.2 Å². The van der Waals surface area contributed by atoms with Gasteiger partial charge in [-0.1, -0.05) is 11.6 Å². The van der Waals surface area contributed by atoms with Crippen molar-refractivity contribution >= 4 is 34.2 Å². The molecule has 0 aliphatic heterocycles. The first-order chi connectivity index (χ1) is 13.8. The number of carbonyl (C=O) groups is 1. The fraction of sp³-hybridized carbons (Fsp3) is 0.263. The summed E-state index contributed by atoms with van der Waals surface area (Å²) in [4.78, 5) is 18.9. The highest BCUT2D eigenvalue weighted by molar-refractivity contribution is 6.31. The second-order valence-electron chi connectivity index (χ2n) is 6.78. The summed E-state index contributed by atoms with van der Waals surface area (Å²) < 4.78 is 43.2. The van der Waals surface area contributed by atoms with Crippen LogP contribution >= 0.6 is 11.6 Å². The summed E-state index contributed by atoms with van der Waals surface area (Å²) >= 11 is 6.00. The van der Waals surface area contributed by atoms with Gasteiger partial charge in [-0.05, 0) is 24.3 Å². The van der Waals surface area contributed by atoms with E-state index in [4.69, 9.17) is 16.3 Å². The van der Waals surface area contributed by atoms with Crippen LogP contribution in [0.4, 0.5) is 23.7 Å². The van der Waals surface area contributed by atoms with Crippen LogP contribution < -0.4 is 15.4 Å². The molecule has 0 bridgehead atoms. The van der Waals surface area contributed by atoms with Crippen molar-refractivity contribution in [2.24, 2.45) is 0 Å².